The third-order valence-corrected chi connectivity index (χ3v) is 4.54. The number of carboxylic acid groups (broad SMARTS) is 1. The second-order valence-electron chi connectivity index (χ2n) is 5.85. The molecule has 1 aromatic carbocycles. The molecule has 3 heteroatoms. The van der Waals surface area contributed by atoms with Gasteiger partial charge in [-0.05, 0) is 57.4 Å². The van der Waals surface area contributed by atoms with Crippen LogP contribution in [0.4, 0.5) is 0 Å². The van der Waals surface area contributed by atoms with Crippen molar-refractivity contribution in [3.63, 3.8) is 0 Å². The van der Waals surface area contributed by atoms with Crippen LogP contribution in [0.5, 0.6) is 0 Å². The molecule has 1 saturated carbocycles. The lowest BCUT2D eigenvalue weighted by Crippen LogP contribution is -2.48. The third kappa shape index (κ3) is 2.16. The van der Waals surface area contributed by atoms with Gasteiger partial charge in [0.05, 0.1) is 5.41 Å². The molecule has 0 aliphatic heterocycles. The number of aliphatic carboxylic acids is 1. The molecule has 1 atom stereocenters. The van der Waals surface area contributed by atoms with Gasteiger partial charge in [0.15, 0.2) is 0 Å². The van der Waals surface area contributed by atoms with Crippen molar-refractivity contribution in [3.8, 4) is 0 Å². The van der Waals surface area contributed by atoms with Crippen LogP contribution in [-0.4, -0.2) is 18.1 Å². The van der Waals surface area contributed by atoms with Gasteiger partial charge < -0.3 is 10.4 Å². The highest BCUT2D eigenvalue weighted by Crippen LogP contribution is 2.51. The molecule has 3 nitrogen and oxygen atoms in total. The number of benzene rings is 1. The molecule has 1 aliphatic carbocycles. The zero-order valence-electron chi connectivity index (χ0n) is 12.2. The molecule has 19 heavy (non-hydrogen) atoms. The van der Waals surface area contributed by atoms with E-state index in [-0.39, 0.29) is 6.04 Å². The first-order chi connectivity index (χ1) is 8.92. The molecular weight excluding hydrogens is 238 g/mol. The lowest BCUT2D eigenvalue weighted by Gasteiger charge is -2.45. The summed E-state index contributed by atoms with van der Waals surface area (Å²) in [5, 5.41) is 12.9. The molecule has 2 N–H and O–H groups in total. The molecular formula is C16H23NO2. The molecule has 0 spiro atoms. The van der Waals surface area contributed by atoms with Crippen LogP contribution in [0.3, 0.4) is 0 Å². The Morgan fingerprint density at radius 2 is 1.79 bits per heavy atom. The van der Waals surface area contributed by atoms with Crippen LogP contribution < -0.4 is 5.32 Å². The van der Waals surface area contributed by atoms with Crippen molar-refractivity contribution in [1.29, 1.82) is 0 Å². The van der Waals surface area contributed by atoms with Crippen LogP contribution in [-0.2, 0) is 4.79 Å². The minimum Gasteiger partial charge on any atom is -0.481 e. The number of aryl methyl sites for hydroxylation is 3. The van der Waals surface area contributed by atoms with E-state index in [1.54, 1.807) is 0 Å². The first-order valence-electron chi connectivity index (χ1n) is 6.91. The molecule has 0 aromatic heterocycles. The largest absolute Gasteiger partial charge is 0.481 e. The fraction of sp³-hybridized carbons (Fsp3) is 0.562. The maximum atomic E-state index is 11.7. The number of nitrogens with one attached hydrogen (secondary N) is 1. The normalized spacial score (nSPS) is 18.7. The topological polar surface area (TPSA) is 49.3 Å². The predicted octanol–water partition coefficient (Wildman–Crippen LogP) is 3.13. The molecule has 2 rings (SSSR count). The number of rotatable bonds is 4. The predicted molar refractivity (Wildman–Crippen MR) is 76.4 cm³/mol. The zero-order chi connectivity index (χ0) is 14.2. The van der Waals surface area contributed by atoms with E-state index in [0.717, 1.165) is 24.8 Å². The van der Waals surface area contributed by atoms with Gasteiger partial charge in [-0.1, -0.05) is 24.1 Å². The summed E-state index contributed by atoms with van der Waals surface area (Å²) in [6, 6.07) is 4.18. The molecule has 1 unspecified atom stereocenters. The summed E-state index contributed by atoms with van der Waals surface area (Å²) in [5.74, 6) is -0.669. The molecule has 1 aliphatic rings. The Labute approximate surface area is 115 Å². The first-order valence-corrected chi connectivity index (χ1v) is 6.91. The molecule has 0 bridgehead atoms. The first kappa shape index (κ1) is 14.1. The smallest absolute Gasteiger partial charge is 0.311 e. The van der Waals surface area contributed by atoms with Gasteiger partial charge in [0.25, 0.3) is 0 Å². The van der Waals surface area contributed by atoms with E-state index in [4.69, 9.17) is 0 Å². The Morgan fingerprint density at radius 3 is 2.11 bits per heavy atom. The SMILES string of the molecule is CNC(c1c(C)cc(C)cc1C)C1(C(=O)O)CCC1. The highest BCUT2D eigenvalue weighted by molar-refractivity contribution is 5.77. The van der Waals surface area contributed by atoms with Crippen molar-refractivity contribution < 1.29 is 9.90 Å². The maximum Gasteiger partial charge on any atom is 0.311 e. The molecule has 0 heterocycles. The van der Waals surface area contributed by atoms with Crippen LogP contribution in [0.15, 0.2) is 12.1 Å². The van der Waals surface area contributed by atoms with Crippen molar-refractivity contribution in [2.45, 2.75) is 46.1 Å². The molecule has 1 aromatic rings. The monoisotopic (exact) mass is 261 g/mol. The average molecular weight is 261 g/mol. The van der Waals surface area contributed by atoms with Gasteiger partial charge in [0.1, 0.15) is 0 Å². The van der Waals surface area contributed by atoms with Crippen LogP contribution in [0.1, 0.15) is 47.6 Å². The number of carboxylic acids is 1. The highest BCUT2D eigenvalue weighted by Gasteiger charge is 2.51. The molecule has 0 amide bonds. The second-order valence-corrected chi connectivity index (χ2v) is 5.85. The van der Waals surface area contributed by atoms with E-state index >= 15 is 0 Å². The lowest BCUT2D eigenvalue weighted by molar-refractivity contribution is -0.157. The van der Waals surface area contributed by atoms with E-state index in [0.29, 0.717) is 0 Å². The summed E-state index contributed by atoms with van der Waals surface area (Å²) in [6.07, 6.45) is 2.54. The Morgan fingerprint density at radius 1 is 1.26 bits per heavy atom. The van der Waals surface area contributed by atoms with Gasteiger partial charge in [-0.25, -0.2) is 0 Å². The van der Waals surface area contributed by atoms with E-state index in [9.17, 15) is 9.90 Å². The van der Waals surface area contributed by atoms with Gasteiger partial charge in [-0.2, -0.15) is 0 Å². The molecule has 104 valence electrons. The molecule has 0 radical (unpaired) electrons. The summed E-state index contributed by atoms with van der Waals surface area (Å²) in [4.78, 5) is 11.7. The Kier molecular flexibility index (Phi) is 3.68. The minimum atomic E-state index is -0.669. The van der Waals surface area contributed by atoms with Gasteiger partial charge in [-0.15, -0.1) is 0 Å². The number of hydrogen-bond donors (Lipinski definition) is 2. The highest BCUT2D eigenvalue weighted by atomic mass is 16.4. The van der Waals surface area contributed by atoms with Crippen LogP contribution >= 0.6 is 0 Å². The van der Waals surface area contributed by atoms with Gasteiger partial charge in [0.2, 0.25) is 0 Å². The zero-order valence-corrected chi connectivity index (χ0v) is 12.2. The van der Waals surface area contributed by atoms with Gasteiger partial charge in [0, 0.05) is 6.04 Å². The fourth-order valence-corrected chi connectivity index (χ4v) is 3.53. The van der Waals surface area contributed by atoms with Crippen LogP contribution in [0.25, 0.3) is 0 Å². The van der Waals surface area contributed by atoms with Crippen LogP contribution in [0.2, 0.25) is 0 Å². The Bertz CT molecular complexity index is 480. The minimum absolute atomic E-state index is 0.0978. The average Bonchev–Trinajstić information content (AvgIpc) is 2.23. The quantitative estimate of drug-likeness (QED) is 0.875. The lowest BCUT2D eigenvalue weighted by atomic mass is 9.61. The Hall–Kier alpha value is -1.35. The summed E-state index contributed by atoms with van der Waals surface area (Å²) < 4.78 is 0. The summed E-state index contributed by atoms with van der Waals surface area (Å²) >= 11 is 0. The van der Waals surface area contributed by atoms with E-state index < -0.39 is 11.4 Å². The number of carbonyl (C=O) groups is 1. The van der Waals surface area contributed by atoms with E-state index in [1.807, 2.05) is 7.05 Å². The summed E-state index contributed by atoms with van der Waals surface area (Å²) in [5.41, 5.74) is 4.13. The second kappa shape index (κ2) is 4.97. The Balaban J connectivity index is 2.51. The van der Waals surface area contributed by atoms with Crippen molar-refractivity contribution in [2.75, 3.05) is 7.05 Å². The standard InChI is InChI=1S/C16H23NO2/c1-10-8-11(2)13(12(3)9-10)14(17-4)16(15(18)19)6-5-7-16/h8-9,14,17H,5-7H2,1-4H3,(H,18,19). The van der Waals surface area contributed by atoms with Crippen molar-refractivity contribution in [1.82, 2.24) is 5.32 Å². The van der Waals surface area contributed by atoms with E-state index in [2.05, 4.69) is 38.2 Å². The van der Waals surface area contributed by atoms with Crippen LogP contribution in [0, 0.1) is 26.2 Å². The van der Waals surface area contributed by atoms with Crippen molar-refractivity contribution in [3.05, 3.63) is 34.4 Å². The van der Waals surface area contributed by atoms with E-state index in [1.165, 1.54) is 16.7 Å². The summed E-state index contributed by atoms with van der Waals surface area (Å²) in [7, 11) is 1.87. The maximum absolute atomic E-state index is 11.7. The van der Waals surface area contributed by atoms with Gasteiger partial charge >= 0.3 is 5.97 Å². The summed E-state index contributed by atoms with van der Waals surface area (Å²) in [6.45, 7) is 6.23. The van der Waals surface area contributed by atoms with Gasteiger partial charge in [-0.3, -0.25) is 4.79 Å². The number of hydrogen-bond acceptors (Lipinski definition) is 2. The fourth-order valence-electron chi connectivity index (χ4n) is 3.53. The molecule has 0 saturated heterocycles. The van der Waals surface area contributed by atoms with Crippen molar-refractivity contribution in [2.24, 2.45) is 5.41 Å². The molecule has 1 fully saturated rings. The third-order valence-electron chi connectivity index (χ3n) is 4.54. The van der Waals surface area contributed by atoms with Crippen molar-refractivity contribution >= 4 is 5.97 Å².